The lowest BCUT2D eigenvalue weighted by molar-refractivity contribution is -0.143. The van der Waals surface area contributed by atoms with Crippen LogP contribution in [0.2, 0.25) is 0 Å². The summed E-state index contributed by atoms with van der Waals surface area (Å²) >= 11 is 0. The first-order valence-electron chi connectivity index (χ1n) is 12.0. The average Bonchev–Trinajstić information content (AvgIpc) is 2.67. The summed E-state index contributed by atoms with van der Waals surface area (Å²) in [7, 11) is 0. The zero-order chi connectivity index (χ0) is 20.2. The molecule has 1 atom stereocenters. The number of hydrogen-bond donors (Lipinski definition) is 2. The van der Waals surface area contributed by atoms with Crippen LogP contribution in [0.15, 0.2) is 0 Å². The van der Waals surface area contributed by atoms with Gasteiger partial charge in [0.25, 0.3) is 5.91 Å². The van der Waals surface area contributed by atoms with Crippen LogP contribution in [-0.2, 0) is 4.79 Å². The maximum Gasteiger partial charge on any atom is 0.254 e. The molecule has 4 nitrogen and oxygen atoms in total. The van der Waals surface area contributed by atoms with Crippen LogP contribution in [0.4, 0.5) is 0 Å². The number of carbonyl (C=O) groups is 1. The Morgan fingerprint density at radius 1 is 0.630 bits per heavy atom. The molecule has 0 heterocycles. The molecule has 4 heteroatoms. The summed E-state index contributed by atoms with van der Waals surface area (Å²) in [6, 6.07) is 0. The molecule has 1 unspecified atom stereocenters. The first-order chi connectivity index (χ1) is 13.2. The lowest BCUT2D eigenvalue weighted by atomic mass is 9.95. The third-order valence-electron chi connectivity index (χ3n) is 5.21. The molecule has 162 valence electrons. The second-order valence-corrected chi connectivity index (χ2v) is 7.95. The zero-order valence-electron chi connectivity index (χ0n) is 19.0. The normalized spacial score (nSPS) is 12.3. The van der Waals surface area contributed by atoms with Crippen molar-refractivity contribution in [1.82, 2.24) is 16.0 Å². The molecule has 1 amide bonds. The lowest BCUT2D eigenvalue weighted by Gasteiger charge is -2.28. The number of hydrazine groups is 2. The highest BCUT2D eigenvalue weighted by atomic mass is 16.2. The van der Waals surface area contributed by atoms with Gasteiger partial charge in [0.05, 0.1) is 0 Å². The van der Waals surface area contributed by atoms with E-state index in [9.17, 15) is 4.79 Å². The second kappa shape index (κ2) is 20.1. The Kier molecular flexibility index (Phi) is 19.7. The van der Waals surface area contributed by atoms with Gasteiger partial charge in [-0.05, 0) is 25.7 Å². The standard InChI is InChI=1S/C23H49N3O/c1-5-9-12-13-14-15-16-17-19-22(18-8-4)23(27)26(24-20-10-6-2)25-21-11-7-3/h22,24-25H,5-21H2,1-4H3. The summed E-state index contributed by atoms with van der Waals surface area (Å²) in [6.45, 7) is 10.5. The molecule has 0 rings (SSSR count). The van der Waals surface area contributed by atoms with E-state index in [1.807, 2.05) is 0 Å². The van der Waals surface area contributed by atoms with Gasteiger partial charge in [0.2, 0.25) is 0 Å². The van der Waals surface area contributed by atoms with Crippen molar-refractivity contribution in [2.24, 2.45) is 5.92 Å². The van der Waals surface area contributed by atoms with Gasteiger partial charge in [0, 0.05) is 19.0 Å². The van der Waals surface area contributed by atoms with Gasteiger partial charge in [0.15, 0.2) is 0 Å². The number of rotatable bonds is 20. The first-order valence-corrected chi connectivity index (χ1v) is 12.0. The van der Waals surface area contributed by atoms with Gasteiger partial charge >= 0.3 is 0 Å². The summed E-state index contributed by atoms with van der Waals surface area (Å²) in [6.07, 6.45) is 18.1. The molecular weight excluding hydrogens is 334 g/mol. The molecule has 0 aromatic heterocycles. The predicted octanol–water partition coefficient (Wildman–Crippen LogP) is 6.37. The fourth-order valence-electron chi connectivity index (χ4n) is 3.39. The molecule has 0 aromatic rings. The number of amides is 1. The van der Waals surface area contributed by atoms with Crippen molar-refractivity contribution in [3.8, 4) is 0 Å². The van der Waals surface area contributed by atoms with E-state index in [0.29, 0.717) is 0 Å². The lowest BCUT2D eigenvalue weighted by Crippen LogP contribution is -2.54. The Morgan fingerprint density at radius 3 is 1.59 bits per heavy atom. The van der Waals surface area contributed by atoms with Crippen LogP contribution < -0.4 is 10.9 Å². The first kappa shape index (κ1) is 26.4. The molecule has 27 heavy (non-hydrogen) atoms. The summed E-state index contributed by atoms with van der Waals surface area (Å²) in [5.41, 5.74) is 6.64. The minimum Gasteiger partial charge on any atom is -0.272 e. The van der Waals surface area contributed by atoms with E-state index in [4.69, 9.17) is 0 Å². The molecule has 0 saturated carbocycles. The van der Waals surface area contributed by atoms with E-state index >= 15 is 0 Å². The third kappa shape index (κ3) is 15.0. The van der Waals surface area contributed by atoms with E-state index in [0.717, 1.165) is 58.0 Å². The summed E-state index contributed by atoms with van der Waals surface area (Å²) < 4.78 is 0. The van der Waals surface area contributed by atoms with Crippen LogP contribution in [0.1, 0.15) is 124 Å². The summed E-state index contributed by atoms with van der Waals surface area (Å²) in [5, 5.41) is 1.72. The van der Waals surface area contributed by atoms with Gasteiger partial charge < -0.3 is 0 Å². The van der Waals surface area contributed by atoms with Crippen molar-refractivity contribution in [1.29, 1.82) is 0 Å². The Hall–Kier alpha value is -0.610. The van der Waals surface area contributed by atoms with Gasteiger partial charge in [-0.3, -0.25) is 4.79 Å². The maximum absolute atomic E-state index is 13.1. The van der Waals surface area contributed by atoms with Crippen molar-refractivity contribution >= 4 is 5.91 Å². The number of unbranched alkanes of at least 4 members (excludes halogenated alkanes) is 9. The molecule has 0 aliphatic rings. The Morgan fingerprint density at radius 2 is 1.11 bits per heavy atom. The van der Waals surface area contributed by atoms with Gasteiger partial charge in [-0.25, -0.2) is 16.0 Å². The van der Waals surface area contributed by atoms with E-state index in [2.05, 4.69) is 38.5 Å². The van der Waals surface area contributed by atoms with Crippen LogP contribution >= 0.6 is 0 Å². The smallest absolute Gasteiger partial charge is 0.254 e. The van der Waals surface area contributed by atoms with Gasteiger partial charge in [-0.15, -0.1) is 0 Å². The van der Waals surface area contributed by atoms with E-state index in [1.54, 1.807) is 5.12 Å². The topological polar surface area (TPSA) is 44.4 Å². The van der Waals surface area contributed by atoms with E-state index in [1.165, 1.54) is 51.4 Å². The SMILES string of the molecule is CCCCCCCCCCC(CCC)C(=O)N(NCCCC)NCCCC. The third-order valence-corrected chi connectivity index (χ3v) is 5.21. The van der Waals surface area contributed by atoms with Crippen molar-refractivity contribution in [2.75, 3.05) is 13.1 Å². The van der Waals surface area contributed by atoms with Crippen LogP contribution in [-0.4, -0.2) is 24.1 Å². The number of nitrogens with one attached hydrogen (secondary N) is 2. The summed E-state index contributed by atoms with van der Waals surface area (Å²) in [4.78, 5) is 13.1. The molecule has 0 aliphatic heterocycles. The zero-order valence-corrected chi connectivity index (χ0v) is 19.0. The van der Waals surface area contributed by atoms with Crippen molar-refractivity contribution in [3.63, 3.8) is 0 Å². The second-order valence-electron chi connectivity index (χ2n) is 7.95. The van der Waals surface area contributed by atoms with Crippen molar-refractivity contribution < 1.29 is 4.79 Å². The number of nitrogens with zero attached hydrogens (tertiary/aromatic N) is 1. The van der Waals surface area contributed by atoms with E-state index < -0.39 is 0 Å². The van der Waals surface area contributed by atoms with Gasteiger partial charge in [-0.2, -0.15) is 0 Å². The summed E-state index contributed by atoms with van der Waals surface area (Å²) in [5.74, 6) is 0.394. The van der Waals surface area contributed by atoms with Crippen LogP contribution in [0, 0.1) is 5.92 Å². The number of carbonyl (C=O) groups excluding carboxylic acids is 1. The fraction of sp³-hybridized carbons (Fsp3) is 0.957. The highest BCUT2D eigenvalue weighted by Gasteiger charge is 2.23. The van der Waals surface area contributed by atoms with Crippen LogP contribution in [0.25, 0.3) is 0 Å². The molecule has 0 spiro atoms. The molecule has 0 saturated heterocycles. The van der Waals surface area contributed by atoms with Gasteiger partial charge in [-0.1, -0.05) is 98.3 Å². The predicted molar refractivity (Wildman–Crippen MR) is 118 cm³/mol. The van der Waals surface area contributed by atoms with Crippen molar-refractivity contribution in [2.45, 2.75) is 124 Å². The molecule has 0 fully saturated rings. The highest BCUT2D eigenvalue weighted by Crippen LogP contribution is 2.19. The molecule has 0 bridgehead atoms. The minimum absolute atomic E-state index is 0.151. The quantitative estimate of drug-likeness (QED) is 0.190. The molecule has 0 aliphatic carbocycles. The average molecular weight is 384 g/mol. The van der Waals surface area contributed by atoms with Crippen molar-refractivity contribution in [3.05, 3.63) is 0 Å². The number of hydrogen-bond acceptors (Lipinski definition) is 3. The van der Waals surface area contributed by atoms with Crippen LogP contribution in [0.3, 0.4) is 0 Å². The monoisotopic (exact) mass is 383 g/mol. The highest BCUT2D eigenvalue weighted by molar-refractivity contribution is 5.77. The van der Waals surface area contributed by atoms with Crippen LogP contribution in [0.5, 0.6) is 0 Å². The van der Waals surface area contributed by atoms with Gasteiger partial charge in [0.1, 0.15) is 0 Å². The Balaban J connectivity index is 4.32. The Bertz CT molecular complexity index is 313. The molecule has 0 radical (unpaired) electrons. The van der Waals surface area contributed by atoms with E-state index in [-0.39, 0.29) is 11.8 Å². The fourth-order valence-corrected chi connectivity index (χ4v) is 3.39. The molecule has 0 aromatic carbocycles. The Labute approximate surface area is 170 Å². The molecule has 2 N–H and O–H groups in total. The minimum atomic E-state index is 0.151. The maximum atomic E-state index is 13.1. The largest absolute Gasteiger partial charge is 0.272 e. The molecular formula is C23H49N3O.